The molecule has 1 heterocycles. The largest absolute Gasteiger partial charge is 0.459 e. The van der Waals surface area contributed by atoms with Gasteiger partial charge in [0, 0.05) is 24.3 Å². The van der Waals surface area contributed by atoms with Crippen molar-refractivity contribution in [1.29, 1.82) is 0 Å². The number of H-pyrrole nitrogens is 1. The van der Waals surface area contributed by atoms with E-state index in [0.29, 0.717) is 12.1 Å². The van der Waals surface area contributed by atoms with Crippen molar-refractivity contribution in [3.63, 3.8) is 0 Å². The summed E-state index contributed by atoms with van der Waals surface area (Å²) in [6.45, 7) is 3.11. The van der Waals surface area contributed by atoms with E-state index in [-0.39, 0.29) is 25.2 Å². The third-order valence-electron chi connectivity index (χ3n) is 4.59. The topological polar surface area (TPSA) is 127 Å². The van der Waals surface area contributed by atoms with Gasteiger partial charge in [0.2, 0.25) is 5.91 Å². The highest BCUT2D eigenvalue weighted by Crippen LogP contribution is 2.19. The molecule has 1 amide bonds. The van der Waals surface area contributed by atoms with Crippen molar-refractivity contribution in [2.24, 2.45) is 5.73 Å². The van der Waals surface area contributed by atoms with Crippen molar-refractivity contribution in [2.75, 3.05) is 13.1 Å². The van der Waals surface area contributed by atoms with Crippen LogP contribution in [0.1, 0.15) is 38.2 Å². The van der Waals surface area contributed by atoms with E-state index >= 15 is 0 Å². The van der Waals surface area contributed by atoms with Gasteiger partial charge in [-0.25, -0.2) is 4.79 Å². The van der Waals surface area contributed by atoms with E-state index < -0.39 is 23.1 Å². The van der Waals surface area contributed by atoms with Crippen LogP contribution in [-0.4, -0.2) is 51.6 Å². The first-order chi connectivity index (χ1) is 12.3. The molecule has 1 aliphatic carbocycles. The van der Waals surface area contributed by atoms with Gasteiger partial charge in [0.1, 0.15) is 19.2 Å². The molecule has 1 aromatic heterocycles. The van der Waals surface area contributed by atoms with Gasteiger partial charge in [-0.1, -0.05) is 6.42 Å². The Morgan fingerprint density at radius 3 is 2.69 bits per heavy atom. The smallest absolute Gasteiger partial charge is 0.328 e. The van der Waals surface area contributed by atoms with Crippen LogP contribution in [0.5, 0.6) is 0 Å². The van der Waals surface area contributed by atoms with Crippen LogP contribution in [0.4, 0.5) is 0 Å². The van der Waals surface area contributed by atoms with Gasteiger partial charge in [0.15, 0.2) is 0 Å². The van der Waals surface area contributed by atoms with Crippen molar-refractivity contribution in [3.8, 4) is 0 Å². The summed E-state index contributed by atoms with van der Waals surface area (Å²) in [5, 5.41) is 0. The maximum Gasteiger partial charge on any atom is 0.328 e. The molecule has 9 nitrogen and oxygen atoms in total. The Bertz CT molecular complexity index is 769. The van der Waals surface area contributed by atoms with Gasteiger partial charge in [0.05, 0.1) is 0 Å². The van der Waals surface area contributed by atoms with Gasteiger partial charge in [0.25, 0.3) is 5.56 Å². The van der Waals surface area contributed by atoms with Gasteiger partial charge in [-0.3, -0.25) is 23.9 Å². The number of aromatic nitrogens is 2. The lowest BCUT2D eigenvalue weighted by molar-refractivity contribution is -0.155. The van der Waals surface area contributed by atoms with Crippen LogP contribution in [0.3, 0.4) is 0 Å². The molecule has 0 unspecified atom stereocenters. The van der Waals surface area contributed by atoms with Gasteiger partial charge in [-0.2, -0.15) is 0 Å². The lowest BCUT2D eigenvalue weighted by Gasteiger charge is -2.29. The summed E-state index contributed by atoms with van der Waals surface area (Å²) in [5.41, 5.74) is 5.14. The van der Waals surface area contributed by atoms with Crippen LogP contribution in [0.25, 0.3) is 0 Å². The van der Waals surface area contributed by atoms with Crippen LogP contribution in [-0.2, 0) is 20.9 Å². The minimum atomic E-state index is -0.666. The van der Waals surface area contributed by atoms with Gasteiger partial charge in [-0.05, 0) is 33.1 Å². The molecule has 1 aliphatic rings. The Labute approximate surface area is 151 Å². The van der Waals surface area contributed by atoms with E-state index in [1.165, 1.54) is 11.1 Å². The van der Waals surface area contributed by atoms with E-state index in [9.17, 15) is 19.2 Å². The highest BCUT2D eigenvalue weighted by molar-refractivity contribution is 5.82. The van der Waals surface area contributed by atoms with Crippen LogP contribution >= 0.6 is 0 Å². The monoisotopic (exact) mass is 366 g/mol. The zero-order valence-corrected chi connectivity index (χ0v) is 15.2. The number of aromatic amines is 1. The maximum atomic E-state index is 12.4. The Morgan fingerprint density at radius 1 is 1.35 bits per heavy atom. The predicted molar refractivity (Wildman–Crippen MR) is 94.6 cm³/mol. The number of nitrogens with one attached hydrogen (secondary N) is 1. The fourth-order valence-electron chi connectivity index (χ4n) is 2.99. The SMILES string of the molecule is CCN(CC(=O)O[C@H]1CCCC[C@H]1N)C(=O)Cn1cc(C)c(=O)[nH]c1=O. The summed E-state index contributed by atoms with van der Waals surface area (Å²) in [6, 6.07) is -0.166. The average Bonchev–Trinajstić information content (AvgIpc) is 2.59. The Morgan fingerprint density at radius 2 is 2.04 bits per heavy atom. The second-order valence-electron chi connectivity index (χ2n) is 6.58. The first-order valence-electron chi connectivity index (χ1n) is 8.85. The van der Waals surface area contributed by atoms with Gasteiger partial charge >= 0.3 is 11.7 Å². The summed E-state index contributed by atoms with van der Waals surface area (Å²) in [4.78, 5) is 51.2. The molecule has 1 fully saturated rings. The first-order valence-corrected chi connectivity index (χ1v) is 8.85. The van der Waals surface area contributed by atoms with Crippen LogP contribution < -0.4 is 17.0 Å². The van der Waals surface area contributed by atoms with Crippen LogP contribution in [0.15, 0.2) is 15.8 Å². The number of likely N-dealkylation sites (N-methyl/N-ethyl adjacent to an activating group) is 1. The van der Waals surface area contributed by atoms with Gasteiger partial charge in [-0.15, -0.1) is 0 Å². The summed E-state index contributed by atoms with van der Waals surface area (Å²) in [5.74, 6) is -0.918. The molecular weight excluding hydrogens is 340 g/mol. The summed E-state index contributed by atoms with van der Waals surface area (Å²) < 4.78 is 6.54. The third-order valence-corrected chi connectivity index (χ3v) is 4.59. The first kappa shape index (κ1) is 19.9. The summed E-state index contributed by atoms with van der Waals surface area (Å²) >= 11 is 0. The van der Waals surface area contributed by atoms with Crippen molar-refractivity contribution in [3.05, 3.63) is 32.6 Å². The Hall–Kier alpha value is -2.42. The summed E-state index contributed by atoms with van der Waals surface area (Å²) in [7, 11) is 0. The molecule has 26 heavy (non-hydrogen) atoms. The van der Waals surface area contributed by atoms with Crippen molar-refractivity contribution in [1.82, 2.24) is 14.5 Å². The number of nitrogens with two attached hydrogens (primary N) is 1. The maximum absolute atomic E-state index is 12.4. The van der Waals surface area contributed by atoms with E-state index in [4.69, 9.17) is 10.5 Å². The van der Waals surface area contributed by atoms with Crippen LogP contribution in [0.2, 0.25) is 0 Å². The molecule has 1 saturated carbocycles. The molecule has 2 atom stereocenters. The number of carbonyl (C=O) groups excluding carboxylic acids is 2. The average molecular weight is 366 g/mol. The number of aryl methyl sites for hydroxylation is 1. The van der Waals surface area contributed by atoms with Crippen molar-refractivity contribution >= 4 is 11.9 Å². The van der Waals surface area contributed by atoms with E-state index in [1.54, 1.807) is 13.8 Å². The number of ether oxygens (including phenoxy) is 1. The third kappa shape index (κ3) is 5.04. The second kappa shape index (κ2) is 8.79. The molecule has 3 N–H and O–H groups in total. The molecule has 0 saturated heterocycles. The summed E-state index contributed by atoms with van der Waals surface area (Å²) in [6.07, 6.45) is 4.57. The Kier molecular flexibility index (Phi) is 6.73. The number of rotatable bonds is 6. The van der Waals surface area contributed by atoms with E-state index in [2.05, 4.69) is 4.98 Å². The molecule has 0 aliphatic heterocycles. The van der Waals surface area contributed by atoms with E-state index in [0.717, 1.165) is 30.3 Å². The Balaban J connectivity index is 1.98. The minimum Gasteiger partial charge on any atom is -0.459 e. The lowest BCUT2D eigenvalue weighted by atomic mass is 9.93. The second-order valence-corrected chi connectivity index (χ2v) is 6.58. The molecule has 0 bridgehead atoms. The number of carbonyl (C=O) groups is 2. The molecule has 0 aromatic carbocycles. The van der Waals surface area contributed by atoms with Crippen LogP contribution in [0, 0.1) is 6.92 Å². The molecule has 144 valence electrons. The molecule has 1 aromatic rings. The molecule has 0 spiro atoms. The fraction of sp³-hybridized carbons (Fsp3) is 0.647. The zero-order chi connectivity index (χ0) is 19.3. The number of esters is 1. The zero-order valence-electron chi connectivity index (χ0n) is 15.2. The standard InChI is InChI=1S/C17H26N4O5/c1-3-20(10-15(23)26-13-7-5-4-6-12(13)18)14(22)9-21-8-11(2)16(24)19-17(21)25/h8,12-13H,3-7,9-10,18H2,1-2H3,(H,19,24,25)/t12-,13+/m1/s1. The number of hydrogen-bond donors (Lipinski definition) is 2. The highest BCUT2D eigenvalue weighted by atomic mass is 16.5. The molecule has 0 radical (unpaired) electrons. The predicted octanol–water partition coefficient (Wildman–Crippen LogP) is -0.493. The minimum absolute atomic E-state index is 0.166. The molecule has 2 rings (SSSR count). The number of amides is 1. The lowest BCUT2D eigenvalue weighted by Crippen LogP contribution is -2.44. The number of hydrogen-bond acceptors (Lipinski definition) is 6. The molecular formula is C17H26N4O5. The number of nitrogens with zero attached hydrogens (tertiary/aromatic N) is 2. The van der Waals surface area contributed by atoms with Gasteiger partial charge < -0.3 is 15.4 Å². The normalized spacial score (nSPS) is 19.8. The quantitative estimate of drug-likeness (QED) is 0.654. The fourth-order valence-corrected chi connectivity index (χ4v) is 2.99. The van der Waals surface area contributed by atoms with E-state index in [1.807, 2.05) is 0 Å². The molecule has 9 heteroatoms. The highest BCUT2D eigenvalue weighted by Gasteiger charge is 2.26. The van der Waals surface area contributed by atoms with Crippen molar-refractivity contribution < 1.29 is 14.3 Å². The van der Waals surface area contributed by atoms with Crippen molar-refractivity contribution in [2.45, 2.75) is 58.2 Å².